The normalized spacial score (nSPS) is 10.9. The summed E-state index contributed by atoms with van der Waals surface area (Å²) in [6.07, 6.45) is 0. The van der Waals surface area contributed by atoms with Crippen LogP contribution < -0.4 is 9.47 Å². The summed E-state index contributed by atoms with van der Waals surface area (Å²) in [7, 11) is 1.58. The van der Waals surface area contributed by atoms with Gasteiger partial charge in [0.15, 0.2) is 0 Å². The van der Waals surface area contributed by atoms with E-state index in [1.54, 1.807) is 31.4 Å². The molecule has 16 heavy (non-hydrogen) atoms. The van der Waals surface area contributed by atoms with Crippen LogP contribution in [0, 0.1) is 22.7 Å². The number of ether oxygens (including phenoxy) is 2. The van der Waals surface area contributed by atoms with Crippen molar-refractivity contribution in [3.63, 3.8) is 0 Å². The number of thioether (sulfide) groups is 1. The topological polar surface area (TPSA) is 66.0 Å². The van der Waals surface area contributed by atoms with E-state index in [1.165, 1.54) is 0 Å². The highest BCUT2D eigenvalue weighted by Gasteiger charge is 2.08. The first kappa shape index (κ1) is 12.2. The summed E-state index contributed by atoms with van der Waals surface area (Å²) >= 11 is 1.15. The average molecular weight is 234 g/mol. The first-order chi connectivity index (χ1) is 7.80. The third-order valence-corrected chi connectivity index (χ3v) is 2.51. The molecular formula is C11H10N2O2S. The van der Waals surface area contributed by atoms with Crippen molar-refractivity contribution in [2.45, 2.75) is 5.44 Å². The van der Waals surface area contributed by atoms with E-state index in [-0.39, 0.29) is 5.75 Å². The number of methoxy groups -OCH3 is 1. The van der Waals surface area contributed by atoms with Crippen molar-refractivity contribution >= 4 is 11.8 Å². The van der Waals surface area contributed by atoms with Crippen LogP contribution in [0.5, 0.6) is 11.5 Å². The molecule has 1 rings (SSSR count). The Kier molecular flexibility index (Phi) is 5.04. The fourth-order valence-electron chi connectivity index (χ4n) is 0.988. The average Bonchev–Trinajstić information content (AvgIpc) is 2.35. The molecule has 4 nitrogen and oxygen atoms in total. The lowest BCUT2D eigenvalue weighted by atomic mass is 10.3. The second-order valence-corrected chi connectivity index (χ2v) is 3.77. The van der Waals surface area contributed by atoms with Crippen molar-refractivity contribution in [2.24, 2.45) is 0 Å². The minimum Gasteiger partial charge on any atom is -0.497 e. The Bertz CT molecular complexity index is 405. The van der Waals surface area contributed by atoms with Gasteiger partial charge >= 0.3 is 0 Å². The quantitative estimate of drug-likeness (QED) is 0.730. The molecule has 1 aromatic rings. The van der Waals surface area contributed by atoms with Crippen molar-refractivity contribution < 1.29 is 9.47 Å². The molecule has 0 N–H and O–H groups in total. The fraction of sp³-hybridized carbons (Fsp3) is 0.273. The van der Waals surface area contributed by atoms with Gasteiger partial charge in [0.05, 0.1) is 18.9 Å². The number of benzene rings is 1. The lowest BCUT2D eigenvalue weighted by molar-refractivity contribution is 0.337. The van der Waals surface area contributed by atoms with Gasteiger partial charge in [0.1, 0.15) is 17.6 Å². The van der Waals surface area contributed by atoms with E-state index in [0.717, 1.165) is 17.5 Å². The Morgan fingerprint density at radius 1 is 1.25 bits per heavy atom. The maximum absolute atomic E-state index is 8.78. The van der Waals surface area contributed by atoms with E-state index in [2.05, 4.69) is 0 Å². The predicted molar refractivity (Wildman–Crippen MR) is 61.1 cm³/mol. The van der Waals surface area contributed by atoms with Gasteiger partial charge in [-0.05, 0) is 24.3 Å². The SMILES string of the molecule is COc1ccc(OC(C#N)SCC#N)cc1. The number of nitrogens with zero attached hydrogens (tertiary/aromatic N) is 2. The van der Waals surface area contributed by atoms with Crippen molar-refractivity contribution in [3.8, 4) is 23.6 Å². The molecule has 0 saturated heterocycles. The van der Waals surface area contributed by atoms with Gasteiger partial charge in [-0.15, -0.1) is 0 Å². The lowest BCUT2D eigenvalue weighted by Crippen LogP contribution is -2.09. The second kappa shape index (κ2) is 6.60. The molecular weight excluding hydrogens is 224 g/mol. The van der Waals surface area contributed by atoms with Crippen LogP contribution in [0.2, 0.25) is 0 Å². The summed E-state index contributed by atoms with van der Waals surface area (Å²) in [5.41, 5.74) is -0.659. The van der Waals surface area contributed by atoms with Gasteiger partial charge < -0.3 is 9.47 Å². The second-order valence-electron chi connectivity index (χ2n) is 2.72. The van der Waals surface area contributed by atoms with Crippen LogP contribution in [0.3, 0.4) is 0 Å². The van der Waals surface area contributed by atoms with Crippen molar-refractivity contribution in [1.82, 2.24) is 0 Å². The van der Waals surface area contributed by atoms with Crippen LogP contribution in [0.4, 0.5) is 0 Å². The van der Waals surface area contributed by atoms with Crippen molar-refractivity contribution in [2.75, 3.05) is 12.9 Å². The molecule has 0 aliphatic heterocycles. The zero-order valence-electron chi connectivity index (χ0n) is 8.71. The summed E-state index contributed by atoms with van der Waals surface area (Å²) in [4.78, 5) is 0. The molecule has 1 atom stereocenters. The van der Waals surface area contributed by atoms with Gasteiger partial charge in [0, 0.05) is 0 Å². The van der Waals surface area contributed by atoms with Gasteiger partial charge in [0.2, 0.25) is 5.44 Å². The van der Waals surface area contributed by atoms with E-state index in [9.17, 15) is 0 Å². The molecule has 1 unspecified atom stereocenters. The summed E-state index contributed by atoms with van der Waals surface area (Å²) < 4.78 is 10.4. The first-order valence-electron chi connectivity index (χ1n) is 4.49. The van der Waals surface area contributed by atoms with Crippen LogP contribution in [0.25, 0.3) is 0 Å². The summed E-state index contributed by atoms with van der Waals surface area (Å²) in [6, 6.07) is 10.9. The molecule has 0 radical (unpaired) electrons. The van der Waals surface area contributed by atoms with Crippen molar-refractivity contribution in [1.29, 1.82) is 10.5 Å². The highest BCUT2D eigenvalue weighted by Crippen LogP contribution is 2.21. The minimum absolute atomic E-state index is 0.231. The van der Waals surface area contributed by atoms with E-state index in [1.807, 2.05) is 12.1 Å². The zero-order valence-corrected chi connectivity index (χ0v) is 9.53. The molecule has 5 heteroatoms. The standard InChI is InChI=1S/C11H10N2O2S/c1-14-9-2-4-10(5-3-9)15-11(8-13)16-7-6-12/h2-5,11H,7H2,1H3. The Labute approximate surface area is 98.4 Å². The largest absolute Gasteiger partial charge is 0.497 e. The van der Waals surface area contributed by atoms with Crippen LogP contribution in [-0.4, -0.2) is 18.3 Å². The molecule has 0 saturated carbocycles. The molecule has 0 spiro atoms. The molecule has 0 aliphatic carbocycles. The lowest BCUT2D eigenvalue weighted by Gasteiger charge is -2.10. The Morgan fingerprint density at radius 2 is 1.88 bits per heavy atom. The number of rotatable bonds is 5. The Hall–Kier alpha value is -1.85. The summed E-state index contributed by atoms with van der Waals surface area (Å²) in [6.45, 7) is 0. The van der Waals surface area contributed by atoms with Crippen LogP contribution in [0.15, 0.2) is 24.3 Å². The van der Waals surface area contributed by atoms with Gasteiger partial charge in [-0.2, -0.15) is 10.5 Å². The summed E-state index contributed by atoms with van der Waals surface area (Å²) in [5.74, 6) is 1.54. The number of hydrogen-bond acceptors (Lipinski definition) is 5. The van der Waals surface area contributed by atoms with Crippen LogP contribution >= 0.6 is 11.8 Å². The highest BCUT2D eigenvalue weighted by molar-refractivity contribution is 8.00. The molecule has 0 bridgehead atoms. The summed E-state index contributed by atoms with van der Waals surface area (Å²) in [5, 5.41) is 17.2. The van der Waals surface area contributed by atoms with Crippen LogP contribution in [0.1, 0.15) is 0 Å². The fourth-order valence-corrected chi connectivity index (χ4v) is 1.47. The molecule has 0 aliphatic rings. The smallest absolute Gasteiger partial charge is 0.231 e. The van der Waals surface area contributed by atoms with Gasteiger partial charge in [-0.3, -0.25) is 0 Å². The Balaban J connectivity index is 2.57. The van der Waals surface area contributed by atoms with E-state index in [4.69, 9.17) is 20.0 Å². The predicted octanol–water partition coefficient (Wildman–Crippen LogP) is 2.18. The third-order valence-electron chi connectivity index (χ3n) is 1.71. The molecule has 0 amide bonds. The minimum atomic E-state index is -0.659. The maximum atomic E-state index is 8.78. The number of hydrogen-bond donors (Lipinski definition) is 0. The molecule has 82 valence electrons. The molecule has 0 heterocycles. The van der Waals surface area contributed by atoms with Gasteiger partial charge in [-0.1, -0.05) is 11.8 Å². The zero-order chi connectivity index (χ0) is 11.8. The monoisotopic (exact) mass is 234 g/mol. The highest BCUT2D eigenvalue weighted by atomic mass is 32.2. The van der Waals surface area contributed by atoms with E-state index >= 15 is 0 Å². The third kappa shape index (κ3) is 3.72. The molecule has 1 aromatic carbocycles. The molecule has 0 aromatic heterocycles. The molecule has 0 fully saturated rings. The van der Waals surface area contributed by atoms with Crippen molar-refractivity contribution in [3.05, 3.63) is 24.3 Å². The van der Waals surface area contributed by atoms with Gasteiger partial charge in [-0.25, -0.2) is 0 Å². The van der Waals surface area contributed by atoms with Crippen LogP contribution in [-0.2, 0) is 0 Å². The number of nitriles is 2. The Morgan fingerprint density at radius 3 is 2.38 bits per heavy atom. The van der Waals surface area contributed by atoms with E-state index < -0.39 is 5.44 Å². The van der Waals surface area contributed by atoms with E-state index in [0.29, 0.717) is 5.75 Å². The van der Waals surface area contributed by atoms with Gasteiger partial charge in [0.25, 0.3) is 0 Å². The maximum Gasteiger partial charge on any atom is 0.231 e. The first-order valence-corrected chi connectivity index (χ1v) is 5.54.